The highest BCUT2D eigenvalue weighted by Gasteiger charge is 2.49. The first kappa shape index (κ1) is 7.51. The largest absolute Gasteiger partial charge is 0.634 e. The van der Waals surface area contributed by atoms with Crippen LogP contribution in [0, 0.1) is 5.21 Å². The molecule has 2 heteroatoms. The molecule has 0 saturated heterocycles. The molecule has 0 radical (unpaired) electrons. The average molecular weight is 139 g/mol. The lowest BCUT2D eigenvalue weighted by Gasteiger charge is -2.26. The van der Waals surface area contributed by atoms with Crippen LogP contribution >= 0.6 is 0 Å². The van der Waals surface area contributed by atoms with E-state index >= 15 is 0 Å². The number of hydrogen-bond acceptors (Lipinski definition) is 1. The van der Waals surface area contributed by atoms with Crippen molar-refractivity contribution in [2.45, 2.75) is 19.4 Å². The summed E-state index contributed by atoms with van der Waals surface area (Å²) < 4.78 is 0. The topological polar surface area (TPSA) is 27.5 Å². The van der Waals surface area contributed by atoms with Gasteiger partial charge in [-0.15, -0.1) is 0 Å². The summed E-state index contributed by atoms with van der Waals surface area (Å²) in [6.07, 6.45) is 1.77. The second kappa shape index (κ2) is 1.94. The van der Waals surface area contributed by atoms with Gasteiger partial charge in [-0.05, 0) is 13.8 Å². The van der Waals surface area contributed by atoms with Crippen LogP contribution in [0.1, 0.15) is 13.8 Å². The number of hydrogen-bond donors (Lipinski definition) is 1. The summed E-state index contributed by atoms with van der Waals surface area (Å²) in [6, 6.07) is 0. The van der Waals surface area contributed by atoms with Gasteiger partial charge in [0.2, 0.25) is 0 Å². The van der Waals surface area contributed by atoms with Gasteiger partial charge in [-0.2, -0.15) is 0 Å². The van der Waals surface area contributed by atoms with Crippen LogP contribution in [0.4, 0.5) is 0 Å². The van der Waals surface area contributed by atoms with Gasteiger partial charge in [-0.3, -0.25) is 0 Å². The monoisotopic (exact) mass is 139 g/mol. The molecule has 1 aliphatic rings. The molecule has 0 bridgehead atoms. The number of rotatable bonds is 2. The first-order chi connectivity index (χ1) is 4.55. The Kier molecular flexibility index (Phi) is 1.46. The van der Waals surface area contributed by atoms with Crippen molar-refractivity contribution < 1.29 is 5.06 Å². The summed E-state index contributed by atoms with van der Waals surface area (Å²) in [7, 11) is 1.62. The minimum absolute atomic E-state index is 0.222. The molecule has 56 valence electrons. The Morgan fingerprint density at radius 1 is 1.70 bits per heavy atom. The third-order valence-corrected chi connectivity index (χ3v) is 2.54. The summed E-state index contributed by atoms with van der Waals surface area (Å²) in [5.74, 6) is 0. The van der Waals surface area contributed by atoms with Gasteiger partial charge in [-0.25, -0.2) is 0 Å². The lowest BCUT2D eigenvalue weighted by molar-refractivity contribution is -0.860. The zero-order valence-electron chi connectivity index (χ0n) is 6.69. The predicted octanol–water partition coefficient (Wildman–Crippen LogP) is 0.274. The fraction of sp³-hybridized carbons (Fsp3) is 0.500. The van der Waals surface area contributed by atoms with E-state index < -0.39 is 0 Å². The Bertz CT molecular complexity index is 205. The van der Waals surface area contributed by atoms with E-state index in [1.165, 1.54) is 5.57 Å². The summed E-state index contributed by atoms with van der Waals surface area (Å²) in [6.45, 7) is 7.57. The third kappa shape index (κ3) is 0.662. The summed E-state index contributed by atoms with van der Waals surface area (Å²) in [5, 5.41) is 11.2. The van der Waals surface area contributed by atoms with Gasteiger partial charge in [0.1, 0.15) is 5.54 Å². The van der Waals surface area contributed by atoms with Crippen molar-refractivity contribution in [3.63, 3.8) is 0 Å². The van der Waals surface area contributed by atoms with E-state index in [0.717, 1.165) is 5.57 Å². The standard InChI is InChI=1S/C8H13NO/c1-5-7-6(2)8(7,3)9(4)10/h5,9H,1H2,2-4H3. The molecule has 0 fully saturated rings. The molecule has 2 atom stereocenters. The molecule has 1 aliphatic carbocycles. The molecular formula is C8H13NO. The van der Waals surface area contributed by atoms with Gasteiger partial charge in [0.25, 0.3) is 0 Å². The molecule has 0 aromatic heterocycles. The maximum atomic E-state index is 11.0. The molecule has 0 saturated carbocycles. The molecule has 0 spiro atoms. The highest BCUT2D eigenvalue weighted by molar-refractivity contribution is 5.55. The Morgan fingerprint density at radius 3 is 2.30 bits per heavy atom. The van der Waals surface area contributed by atoms with Crippen molar-refractivity contribution in [1.29, 1.82) is 0 Å². The quantitative estimate of drug-likeness (QED) is 0.546. The van der Waals surface area contributed by atoms with Crippen LogP contribution in [0.3, 0.4) is 0 Å². The highest BCUT2D eigenvalue weighted by Crippen LogP contribution is 2.40. The summed E-state index contributed by atoms with van der Waals surface area (Å²) >= 11 is 0. The molecule has 0 heterocycles. The van der Waals surface area contributed by atoms with Crippen LogP contribution in [0.2, 0.25) is 0 Å². The zero-order chi connectivity index (χ0) is 7.94. The van der Waals surface area contributed by atoms with Gasteiger partial charge in [0.15, 0.2) is 0 Å². The van der Waals surface area contributed by atoms with Gasteiger partial charge in [0, 0.05) is 11.1 Å². The van der Waals surface area contributed by atoms with E-state index in [4.69, 9.17) is 0 Å². The Labute approximate surface area is 61.4 Å². The number of likely N-dealkylation sites (N-methyl/N-ethyl adjacent to an activating group) is 1. The fourth-order valence-corrected chi connectivity index (χ4v) is 1.37. The lowest BCUT2D eigenvalue weighted by atomic mass is 10.1. The highest BCUT2D eigenvalue weighted by atomic mass is 16.5. The molecule has 0 aliphatic heterocycles. The van der Waals surface area contributed by atoms with Gasteiger partial charge in [-0.1, -0.05) is 12.7 Å². The normalized spacial score (nSPS) is 34.0. The van der Waals surface area contributed by atoms with Crippen LogP contribution in [0.5, 0.6) is 0 Å². The summed E-state index contributed by atoms with van der Waals surface area (Å²) in [5.41, 5.74) is 2.04. The molecule has 2 unspecified atom stereocenters. The smallest absolute Gasteiger partial charge is 0.142 e. The molecule has 0 aromatic carbocycles. The second-order valence-corrected chi connectivity index (χ2v) is 2.92. The van der Waals surface area contributed by atoms with Crippen molar-refractivity contribution in [2.75, 3.05) is 7.05 Å². The Hall–Kier alpha value is -0.600. The minimum atomic E-state index is -0.248. The van der Waals surface area contributed by atoms with E-state index in [1.54, 1.807) is 13.1 Å². The second-order valence-electron chi connectivity index (χ2n) is 2.92. The van der Waals surface area contributed by atoms with E-state index in [-0.39, 0.29) is 10.6 Å². The van der Waals surface area contributed by atoms with Crippen molar-refractivity contribution in [3.05, 3.63) is 29.0 Å². The molecule has 10 heavy (non-hydrogen) atoms. The van der Waals surface area contributed by atoms with Crippen molar-refractivity contribution in [2.24, 2.45) is 0 Å². The summed E-state index contributed by atoms with van der Waals surface area (Å²) in [4.78, 5) is 0. The molecule has 0 aromatic rings. The molecular weight excluding hydrogens is 126 g/mol. The predicted molar refractivity (Wildman–Crippen MR) is 41.6 cm³/mol. The van der Waals surface area contributed by atoms with Crippen molar-refractivity contribution >= 4 is 0 Å². The zero-order valence-corrected chi connectivity index (χ0v) is 6.69. The van der Waals surface area contributed by atoms with Crippen LogP contribution in [-0.2, 0) is 0 Å². The van der Waals surface area contributed by atoms with E-state index in [0.29, 0.717) is 0 Å². The van der Waals surface area contributed by atoms with Gasteiger partial charge < -0.3 is 10.3 Å². The van der Waals surface area contributed by atoms with Crippen LogP contribution in [0.25, 0.3) is 0 Å². The molecule has 0 amide bonds. The maximum absolute atomic E-state index is 11.0. The van der Waals surface area contributed by atoms with Crippen molar-refractivity contribution in [1.82, 2.24) is 0 Å². The Morgan fingerprint density at radius 2 is 2.20 bits per heavy atom. The van der Waals surface area contributed by atoms with Gasteiger partial charge in [0.05, 0.1) is 7.05 Å². The number of nitrogens with one attached hydrogen (secondary N) is 1. The number of quaternary nitrogens is 1. The number of hydroxylamine groups is 2. The minimum Gasteiger partial charge on any atom is -0.634 e. The molecule has 1 rings (SSSR count). The van der Waals surface area contributed by atoms with Gasteiger partial charge >= 0.3 is 0 Å². The SMILES string of the molecule is C=CC1=C(C)C1(C)[NH+](C)[O-]. The van der Waals surface area contributed by atoms with Crippen LogP contribution in [0.15, 0.2) is 23.8 Å². The van der Waals surface area contributed by atoms with Crippen LogP contribution < -0.4 is 5.06 Å². The third-order valence-electron chi connectivity index (χ3n) is 2.54. The first-order valence-electron chi connectivity index (χ1n) is 3.40. The van der Waals surface area contributed by atoms with Crippen molar-refractivity contribution in [3.8, 4) is 0 Å². The first-order valence-corrected chi connectivity index (χ1v) is 3.40. The Balaban J connectivity index is 2.76. The fourth-order valence-electron chi connectivity index (χ4n) is 1.37. The average Bonchev–Trinajstić information content (AvgIpc) is 2.38. The lowest BCUT2D eigenvalue weighted by Crippen LogP contribution is -3.10. The molecule has 1 N–H and O–H groups in total. The molecule has 2 nitrogen and oxygen atoms in total. The van der Waals surface area contributed by atoms with Crippen LogP contribution in [-0.4, -0.2) is 12.6 Å². The maximum Gasteiger partial charge on any atom is 0.142 e. The van der Waals surface area contributed by atoms with E-state index in [2.05, 4.69) is 6.58 Å². The van der Waals surface area contributed by atoms with E-state index in [9.17, 15) is 5.21 Å². The van der Waals surface area contributed by atoms with E-state index in [1.807, 2.05) is 13.8 Å².